The Labute approximate surface area is 79.1 Å². The molecule has 5 N–H and O–H groups in total. The largest absolute Gasteiger partial charge is 0.393 e. The van der Waals surface area contributed by atoms with Gasteiger partial charge in [-0.05, 0) is 26.2 Å². The van der Waals surface area contributed by atoms with Gasteiger partial charge in [-0.25, -0.2) is 0 Å². The molecule has 0 aromatic rings. The van der Waals surface area contributed by atoms with Gasteiger partial charge in [0, 0.05) is 18.6 Å². The minimum absolute atomic E-state index is 0.210. The SMILES string of the molecule is CC(O)(CO)CNC1CCC(N)C1. The predicted molar refractivity (Wildman–Crippen MR) is 51.3 cm³/mol. The molecule has 1 aliphatic carbocycles. The highest BCUT2D eigenvalue weighted by Crippen LogP contribution is 2.17. The minimum Gasteiger partial charge on any atom is -0.393 e. The number of nitrogens with two attached hydrogens (primary N) is 1. The second-order valence-electron chi connectivity index (χ2n) is 4.31. The molecule has 0 bridgehead atoms. The molecule has 0 radical (unpaired) electrons. The molecule has 0 aromatic carbocycles. The molecule has 0 aromatic heterocycles. The number of rotatable bonds is 4. The third-order valence-electron chi connectivity index (χ3n) is 2.59. The highest BCUT2D eigenvalue weighted by atomic mass is 16.3. The summed E-state index contributed by atoms with van der Waals surface area (Å²) >= 11 is 0. The van der Waals surface area contributed by atoms with Crippen LogP contribution in [-0.4, -0.2) is 41.0 Å². The van der Waals surface area contributed by atoms with Gasteiger partial charge >= 0.3 is 0 Å². The van der Waals surface area contributed by atoms with Crippen molar-refractivity contribution in [2.24, 2.45) is 5.73 Å². The van der Waals surface area contributed by atoms with Crippen molar-refractivity contribution in [3.05, 3.63) is 0 Å². The second-order valence-corrected chi connectivity index (χ2v) is 4.31. The van der Waals surface area contributed by atoms with Gasteiger partial charge in [-0.1, -0.05) is 0 Å². The summed E-state index contributed by atoms with van der Waals surface area (Å²) in [6, 6.07) is 0.713. The van der Waals surface area contributed by atoms with E-state index in [-0.39, 0.29) is 6.61 Å². The smallest absolute Gasteiger partial charge is 0.0972 e. The van der Waals surface area contributed by atoms with Crippen molar-refractivity contribution in [2.45, 2.75) is 43.9 Å². The average Bonchev–Trinajstić information content (AvgIpc) is 2.48. The maximum Gasteiger partial charge on any atom is 0.0972 e. The molecule has 0 spiro atoms. The summed E-state index contributed by atoms with van der Waals surface area (Å²) in [5.74, 6) is 0. The maximum absolute atomic E-state index is 9.51. The van der Waals surface area contributed by atoms with E-state index in [0.717, 1.165) is 19.3 Å². The first-order valence-electron chi connectivity index (χ1n) is 4.86. The average molecular weight is 188 g/mol. The number of aliphatic hydroxyl groups excluding tert-OH is 1. The molecule has 0 saturated heterocycles. The standard InChI is InChI=1S/C9H20N2O2/c1-9(13,6-12)5-11-8-3-2-7(10)4-8/h7-8,11-13H,2-6,10H2,1H3. The van der Waals surface area contributed by atoms with Crippen LogP contribution in [0.1, 0.15) is 26.2 Å². The molecule has 1 fully saturated rings. The van der Waals surface area contributed by atoms with Gasteiger partial charge in [0.2, 0.25) is 0 Å². The lowest BCUT2D eigenvalue weighted by Crippen LogP contribution is -2.44. The quantitative estimate of drug-likeness (QED) is 0.466. The Balaban J connectivity index is 2.19. The Kier molecular flexibility index (Phi) is 3.67. The molecule has 3 atom stereocenters. The normalized spacial score (nSPS) is 33.2. The Morgan fingerprint density at radius 3 is 2.69 bits per heavy atom. The Bertz CT molecular complexity index is 162. The van der Waals surface area contributed by atoms with E-state index in [0.29, 0.717) is 18.6 Å². The number of hydrogen-bond donors (Lipinski definition) is 4. The van der Waals surface area contributed by atoms with Crippen molar-refractivity contribution in [1.82, 2.24) is 5.32 Å². The van der Waals surface area contributed by atoms with E-state index in [9.17, 15) is 5.11 Å². The predicted octanol–water partition coefficient (Wildman–Crippen LogP) is -0.801. The first-order valence-corrected chi connectivity index (χ1v) is 4.86. The third kappa shape index (κ3) is 3.60. The van der Waals surface area contributed by atoms with Crippen LogP contribution in [-0.2, 0) is 0 Å². The van der Waals surface area contributed by atoms with Gasteiger partial charge < -0.3 is 21.3 Å². The van der Waals surface area contributed by atoms with Gasteiger partial charge in [0.15, 0.2) is 0 Å². The van der Waals surface area contributed by atoms with E-state index in [2.05, 4.69) is 5.32 Å². The topological polar surface area (TPSA) is 78.5 Å². The molecule has 3 unspecified atom stereocenters. The molecule has 0 aliphatic heterocycles. The highest BCUT2D eigenvalue weighted by Gasteiger charge is 2.25. The van der Waals surface area contributed by atoms with Crippen molar-refractivity contribution in [3.63, 3.8) is 0 Å². The molecule has 4 nitrogen and oxygen atoms in total. The summed E-state index contributed by atoms with van der Waals surface area (Å²) in [4.78, 5) is 0. The van der Waals surface area contributed by atoms with Gasteiger partial charge in [0.05, 0.1) is 12.2 Å². The summed E-state index contributed by atoms with van der Waals surface area (Å²) in [6.07, 6.45) is 3.10. The van der Waals surface area contributed by atoms with Gasteiger partial charge in [0.25, 0.3) is 0 Å². The number of nitrogens with one attached hydrogen (secondary N) is 1. The fourth-order valence-electron chi connectivity index (χ4n) is 1.62. The zero-order chi connectivity index (χ0) is 9.90. The van der Waals surface area contributed by atoms with Crippen molar-refractivity contribution in [3.8, 4) is 0 Å². The number of aliphatic hydroxyl groups is 2. The van der Waals surface area contributed by atoms with Crippen molar-refractivity contribution < 1.29 is 10.2 Å². The van der Waals surface area contributed by atoms with Crippen LogP contribution in [0.25, 0.3) is 0 Å². The van der Waals surface area contributed by atoms with Crippen molar-refractivity contribution in [2.75, 3.05) is 13.2 Å². The van der Waals surface area contributed by atoms with E-state index in [1.807, 2.05) is 0 Å². The summed E-state index contributed by atoms with van der Waals surface area (Å²) in [7, 11) is 0. The van der Waals surface area contributed by atoms with Crippen LogP contribution in [0.3, 0.4) is 0 Å². The lowest BCUT2D eigenvalue weighted by molar-refractivity contribution is 0.000854. The highest BCUT2D eigenvalue weighted by molar-refractivity contribution is 4.85. The molecular weight excluding hydrogens is 168 g/mol. The zero-order valence-corrected chi connectivity index (χ0v) is 8.16. The zero-order valence-electron chi connectivity index (χ0n) is 8.16. The molecular formula is C9H20N2O2. The molecule has 0 amide bonds. The third-order valence-corrected chi connectivity index (χ3v) is 2.59. The van der Waals surface area contributed by atoms with E-state index in [1.54, 1.807) is 6.92 Å². The first kappa shape index (κ1) is 10.9. The van der Waals surface area contributed by atoms with Gasteiger partial charge in [0.1, 0.15) is 0 Å². The van der Waals surface area contributed by atoms with Crippen molar-refractivity contribution >= 4 is 0 Å². The summed E-state index contributed by atoms with van der Waals surface area (Å²) < 4.78 is 0. The molecule has 0 heterocycles. The Morgan fingerprint density at radius 1 is 1.54 bits per heavy atom. The van der Waals surface area contributed by atoms with Crippen molar-refractivity contribution in [1.29, 1.82) is 0 Å². The molecule has 1 aliphatic rings. The molecule has 1 saturated carbocycles. The summed E-state index contributed by atoms with van der Waals surface area (Å²) in [5, 5.41) is 21.5. The van der Waals surface area contributed by atoms with Crippen LogP contribution in [0.5, 0.6) is 0 Å². The van der Waals surface area contributed by atoms with Crippen LogP contribution in [0.15, 0.2) is 0 Å². The van der Waals surface area contributed by atoms with Gasteiger partial charge in [-0.3, -0.25) is 0 Å². The monoisotopic (exact) mass is 188 g/mol. The molecule has 13 heavy (non-hydrogen) atoms. The minimum atomic E-state index is -1.01. The molecule has 78 valence electrons. The Morgan fingerprint density at radius 2 is 2.23 bits per heavy atom. The fraction of sp³-hybridized carbons (Fsp3) is 1.00. The van der Waals surface area contributed by atoms with E-state index in [1.165, 1.54) is 0 Å². The van der Waals surface area contributed by atoms with Crippen LogP contribution in [0, 0.1) is 0 Å². The van der Waals surface area contributed by atoms with Gasteiger partial charge in [-0.2, -0.15) is 0 Å². The molecule has 4 heteroatoms. The van der Waals surface area contributed by atoms with Crippen LogP contribution in [0.4, 0.5) is 0 Å². The van der Waals surface area contributed by atoms with Crippen LogP contribution >= 0.6 is 0 Å². The summed E-state index contributed by atoms with van der Waals surface area (Å²) in [5.41, 5.74) is 4.74. The number of hydrogen-bond acceptors (Lipinski definition) is 4. The van der Waals surface area contributed by atoms with E-state index < -0.39 is 5.60 Å². The van der Waals surface area contributed by atoms with E-state index in [4.69, 9.17) is 10.8 Å². The maximum atomic E-state index is 9.51. The van der Waals surface area contributed by atoms with Gasteiger partial charge in [-0.15, -0.1) is 0 Å². The van der Waals surface area contributed by atoms with Crippen LogP contribution < -0.4 is 11.1 Å². The van der Waals surface area contributed by atoms with E-state index >= 15 is 0 Å². The summed E-state index contributed by atoms with van der Waals surface area (Å²) in [6.45, 7) is 1.84. The second kappa shape index (κ2) is 4.37. The Hall–Kier alpha value is -0.160. The first-order chi connectivity index (χ1) is 6.03. The van der Waals surface area contributed by atoms with Crippen LogP contribution in [0.2, 0.25) is 0 Å². The lowest BCUT2D eigenvalue weighted by Gasteiger charge is -2.23. The molecule has 1 rings (SSSR count). The fourth-order valence-corrected chi connectivity index (χ4v) is 1.62. The lowest BCUT2D eigenvalue weighted by atomic mass is 10.1.